The Balaban J connectivity index is 2.45. The van der Waals surface area contributed by atoms with E-state index in [-0.39, 0.29) is 36.9 Å². The van der Waals surface area contributed by atoms with E-state index in [0.29, 0.717) is 5.69 Å². The van der Waals surface area contributed by atoms with Crippen molar-refractivity contribution in [3.8, 4) is 0 Å². The van der Waals surface area contributed by atoms with Gasteiger partial charge in [0.25, 0.3) is 5.56 Å². The van der Waals surface area contributed by atoms with Gasteiger partial charge in [-0.25, -0.2) is 0 Å². The van der Waals surface area contributed by atoms with E-state index in [1.165, 1.54) is 27.8 Å². The molecule has 0 aliphatic rings. The summed E-state index contributed by atoms with van der Waals surface area (Å²) in [4.78, 5) is 35.8. The van der Waals surface area contributed by atoms with Crippen molar-refractivity contribution in [3.63, 3.8) is 0 Å². The van der Waals surface area contributed by atoms with E-state index in [1.807, 2.05) is 0 Å². The van der Waals surface area contributed by atoms with Crippen molar-refractivity contribution in [1.82, 2.24) is 14.8 Å². The summed E-state index contributed by atoms with van der Waals surface area (Å²) in [7, 11) is 3.30. The molecule has 0 aliphatic heterocycles. The van der Waals surface area contributed by atoms with Crippen LogP contribution in [0.4, 0.5) is 5.69 Å². The summed E-state index contributed by atoms with van der Waals surface area (Å²) in [6, 6.07) is 2.78. The van der Waals surface area contributed by atoms with E-state index in [1.54, 1.807) is 14.1 Å². The van der Waals surface area contributed by atoms with Crippen LogP contribution in [0, 0.1) is 0 Å². The second kappa shape index (κ2) is 6.58. The zero-order chi connectivity index (χ0) is 14.4. The molecule has 2 amide bonds. The van der Waals surface area contributed by atoms with Crippen LogP contribution in [0.1, 0.15) is 6.42 Å². The number of anilines is 1. The summed E-state index contributed by atoms with van der Waals surface area (Å²) in [5, 5.41) is 2.58. The lowest BCUT2D eigenvalue weighted by Gasteiger charge is -2.11. The molecular formula is C12H18N4O3. The summed E-state index contributed by atoms with van der Waals surface area (Å²) in [5.74, 6) is -0.402. The number of nitrogen functional groups attached to an aromatic ring is 1. The molecule has 7 heteroatoms. The van der Waals surface area contributed by atoms with E-state index in [9.17, 15) is 14.4 Å². The van der Waals surface area contributed by atoms with Gasteiger partial charge < -0.3 is 20.5 Å². The van der Waals surface area contributed by atoms with Crippen molar-refractivity contribution < 1.29 is 9.59 Å². The molecule has 0 atom stereocenters. The van der Waals surface area contributed by atoms with Crippen molar-refractivity contribution in [2.24, 2.45) is 0 Å². The van der Waals surface area contributed by atoms with Crippen molar-refractivity contribution in [1.29, 1.82) is 0 Å². The van der Waals surface area contributed by atoms with E-state index in [4.69, 9.17) is 5.73 Å². The number of amides is 2. The molecule has 19 heavy (non-hydrogen) atoms. The van der Waals surface area contributed by atoms with Crippen LogP contribution in [0.15, 0.2) is 23.1 Å². The van der Waals surface area contributed by atoms with Gasteiger partial charge in [0.15, 0.2) is 0 Å². The Labute approximate surface area is 111 Å². The number of hydrogen-bond donors (Lipinski definition) is 2. The Kier molecular flexibility index (Phi) is 5.11. The minimum Gasteiger partial charge on any atom is -0.398 e. The van der Waals surface area contributed by atoms with Crippen molar-refractivity contribution in [2.45, 2.75) is 13.0 Å². The highest BCUT2D eigenvalue weighted by Gasteiger charge is 2.07. The number of nitrogens with one attached hydrogen (secondary N) is 1. The number of rotatable bonds is 5. The highest BCUT2D eigenvalue weighted by atomic mass is 16.2. The van der Waals surface area contributed by atoms with Crippen LogP contribution >= 0.6 is 0 Å². The molecule has 3 N–H and O–H groups in total. The number of nitrogens with zero attached hydrogens (tertiary/aromatic N) is 2. The van der Waals surface area contributed by atoms with Gasteiger partial charge in [-0.2, -0.15) is 0 Å². The van der Waals surface area contributed by atoms with Crippen molar-refractivity contribution >= 4 is 17.5 Å². The third kappa shape index (κ3) is 4.82. The van der Waals surface area contributed by atoms with Crippen molar-refractivity contribution in [3.05, 3.63) is 28.7 Å². The Morgan fingerprint density at radius 2 is 2.05 bits per heavy atom. The molecule has 1 rings (SSSR count). The molecule has 0 unspecified atom stereocenters. The summed E-state index contributed by atoms with van der Waals surface area (Å²) < 4.78 is 1.22. The van der Waals surface area contributed by atoms with Crippen LogP contribution in [-0.2, 0) is 16.1 Å². The van der Waals surface area contributed by atoms with Gasteiger partial charge in [-0.15, -0.1) is 0 Å². The molecule has 0 fully saturated rings. The highest BCUT2D eigenvalue weighted by molar-refractivity contribution is 5.78. The fraction of sp³-hybridized carbons (Fsp3) is 0.417. The fourth-order valence-corrected chi connectivity index (χ4v) is 1.42. The second-order valence-electron chi connectivity index (χ2n) is 4.32. The van der Waals surface area contributed by atoms with E-state index < -0.39 is 0 Å². The predicted octanol–water partition coefficient (Wildman–Crippen LogP) is -0.975. The van der Waals surface area contributed by atoms with Gasteiger partial charge in [0.1, 0.15) is 6.54 Å². The Hall–Kier alpha value is -2.31. The monoisotopic (exact) mass is 266 g/mol. The molecular weight excluding hydrogens is 248 g/mol. The Morgan fingerprint density at radius 3 is 2.68 bits per heavy atom. The van der Waals surface area contributed by atoms with Crippen molar-refractivity contribution in [2.75, 3.05) is 26.4 Å². The normalized spacial score (nSPS) is 10.0. The van der Waals surface area contributed by atoms with Crippen LogP contribution in [0.2, 0.25) is 0 Å². The lowest BCUT2D eigenvalue weighted by molar-refractivity contribution is -0.128. The average molecular weight is 266 g/mol. The molecule has 0 radical (unpaired) electrons. The fourth-order valence-electron chi connectivity index (χ4n) is 1.42. The number of aromatic nitrogens is 1. The van der Waals surface area contributed by atoms with Crippen LogP contribution in [-0.4, -0.2) is 41.9 Å². The van der Waals surface area contributed by atoms with Gasteiger partial charge in [-0.1, -0.05) is 0 Å². The second-order valence-corrected chi connectivity index (χ2v) is 4.32. The highest BCUT2D eigenvalue weighted by Crippen LogP contribution is 1.95. The zero-order valence-electron chi connectivity index (χ0n) is 11.0. The maximum atomic E-state index is 11.6. The maximum Gasteiger partial charge on any atom is 0.251 e. The van der Waals surface area contributed by atoms with E-state index in [0.717, 1.165) is 0 Å². The molecule has 0 bridgehead atoms. The van der Waals surface area contributed by atoms with E-state index in [2.05, 4.69) is 5.32 Å². The summed E-state index contributed by atoms with van der Waals surface area (Å²) in [6.07, 6.45) is 1.64. The molecule has 0 aromatic carbocycles. The minimum atomic E-state index is -0.334. The lowest BCUT2D eigenvalue weighted by Crippen LogP contribution is -2.34. The Morgan fingerprint density at radius 1 is 1.37 bits per heavy atom. The molecule has 0 saturated carbocycles. The molecule has 1 aromatic heterocycles. The third-order valence-corrected chi connectivity index (χ3v) is 2.48. The SMILES string of the molecule is CN(C)C(=O)CCNC(=O)Cn1cc(N)ccc1=O. The van der Waals surface area contributed by atoms with Gasteiger partial charge in [0, 0.05) is 45.0 Å². The number of carbonyl (C=O) groups excluding carboxylic acids is 2. The lowest BCUT2D eigenvalue weighted by atomic mass is 10.3. The number of nitrogens with two attached hydrogens (primary N) is 1. The first kappa shape index (κ1) is 14.7. The smallest absolute Gasteiger partial charge is 0.251 e. The third-order valence-electron chi connectivity index (χ3n) is 2.48. The molecule has 0 spiro atoms. The van der Waals surface area contributed by atoms with Crippen LogP contribution in [0.5, 0.6) is 0 Å². The largest absolute Gasteiger partial charge is 0.398 e. The van der Waals surface area contributed by atoms with Gasteiger partial charge in [-0.3, -0.25) is 14.4 Å². The molecule has 7 nitrogen and oxygen atoms in total. The van der Waals surface area contributed by atoms with Crippen LogP contribution in [0.25, 0.3) is 0 Å². The first-order valence-corrected chi connectivity index (χ1v) is 5.83. The summed E-state index contributed by atoms with van der Waals surface area (Å²) in [6.45, 7) is 0.132. The average Bonchev–Trinajstić information content (AvgIpc) is 2.33. The van der Waals surface area contributed by atoms with Gasteiger partial charge in [0.05, 0.1) is 0 Å². The first-order chi connectivity index (χ1) is 8.90. The molecule has 104 valence electrons. The number of pyridine rings is 1. The molecule has 0 saturated heterocycles. The first-order valence-electron chi connectivity index (χ1n) is 5.83. The maximum absolute atomic E-state index is 11.6. The quantitative estimate of drug-likeness (QED) is 0.716. The molecule has 1 heterocycles. The summed E-state index contributed by atoms with van der Waals surface area (Å²) in [5.41, 5.74) is 5.65. The van der Waals surface area contributed by atoms with Crippen LogP contribution < -0.4 is 16.6 Å². The van der Waals surface area contributed by atoms with Gasteiger partial charge in [0.2, 0.25) is 11.8 Å². The topological polar surface area (TPSA) is 97.4 Å². The molecule has 1 aromatic rings. The van der Waals surface area contributed by atoms with Gasteiger partial charge in [-0.05, 0) is 6.07 Å². The zero-order valence-corrected chi connectivity index (χ0v) is 11.0. The van der Waals surface area contributed by atoms with Gasteiger partial charge >= 0.3 is 0 Å². The number of hydrogen-bond acceptors (Lipinski definition) is 4. The summed E-state index contributed by atoms with van der Waals surface area (Å²) >= 11 is 0. The Bertz CT molecular complexity index is 522. The minimum absolute atomic E-state index is 0.0681. The standard InChI is InChI=1S/C12H18N4O3/c1-15(2)11(18)5-6-14-10(17)8-16-7-9(13)3-4-12(16)19/h3-4,7H,5-6,8,13H2,1-2H3,(H,14,17). The number of carbonyl (C=O) groups is 2. The van der Waals surface area contributed by atoms with E-state index >= 15 is 0 Å². The predicted molar refractivity (Wildman–Crippen MR) is 71.4 cm³/mol. The molecule has 0 aliphatic carbocycles. The van der Waals surface area contributed by atoms with Crippen LogP contribution in [0.3, 0.4) is 0 Å².